The van der Waals surface area contributed by atoms with Crippen LogP contribution in [0.4, 0.5) is 0 Å². The Hall–Kier alpha value is -2.67. The van der Waals surface area contributed by atoms with Crippen LogP contribution in [0.5, 0.6) is 0 Å². The average Bonchev–Trinajstić information content (AvgIpc) is 3.36. The van der Waals surface area contributed by atoms with Crippen LogP contribution in [0.3, 0.4) is 0 Å². The number of aryl methyl sites for hydroxylation is 2. The number of aromatic nitrogens is 2. The van der Waals surface area contributed by atoms with Crippen molar-refractivity contribution < 1.29 is 14.3 Å². The fourth-order valence-electron chi connectivity index (χ4n) is 4.97. The first-order valence-electron chi connectivity index (χ1n) is 9.33. The highest BCUT2D eigenvalue weighted by Crippen LogP contribution is 2.51. The molecule has 1 spiro atoms. The zero-order valence-electron chi connectivity index (χ0n) is 15.5. The van der Waals surface area contributed by atoms with E-state index in [1.54, 1.807) is 17.9 Å². The van der Waals surface area contributed by atoms with Gasteiger partial charge in [0.25, 0.3) is 5.91 Å². The van der Waals surface area contributed by atoms with Crippen molar-refractivity contribution >= 4 is 11.8 Å². The van der Waals surface area contributed by atoms with Crippen molar-refractivity contribution in [1.82, 2.24) is 19.6 Å². The minimum atomic E-state index is -0.691. The number of likely N-dealkylation sites (tertiary alicyclic amines) is 1. The fourth-order valence-corrected chi connectivity index (χ4v) is 4.97. The third-order valence-electron chi connectivity index (χ3n) is 6.14. The van der Waals surface area contributed by atoms with E-state index in [1.165, 1.54) is 0 Å². The van der Waals surface area contributed by atoms with Gasteiger partial charge < -0.3 is 14.5 Å². The lowest BCUT2D eigenvalue weighted by atomic mass is 10.0. The van der Waals surface area contributed by atoms with Gasteiger partial charge in [-0.1, -0.05) is 30.3 Å². The van der Waals surface area contributed by atoms with Crippen molar-refractivity contribution in [3.8, 4) is 0 Å². The molecular weight excluding hydrogens is 344 g/mol. The molecule has 0 unspecified atom stereocenters. The highest BCUT2D eigenvalue weighted by atomic mass is 16.5. The topological polar surface area (TPSA) is 67.7 Å². The van der Waals surface area contributed by atoms with Gasteiger partial charge in [0.2, 0.25) is 5.91 Å². The van der Waals surface area contributed by atoms with E-state index in [4.69, 9.17) is 4.74 Å². The molecule has 4 heterocycles. The zero-order chi connectivity index (χ0) is 18.8. The molecule has 3 aliphatic heterocycles. The van der Waals surface area contributed by atoms with Gasteiger partial charge in [-0.05, 0) is 12.5 Å². The highest BCUT2D eigenvalue weighted by molar-refractivity contribution is 5.96. The van der Waals surface area contributed by atoms with E-state index in [9.17, 15) is 9.59 Å². The molecule has 27 heavy (non-hydrogen) atoms. The Morgan fingerprint density at radius 2 is 2.07 bits per heavy atom. The smallest absolute Gasteiger partial charge is 0.257 e. The van der Waals surface area contributed by atoms with Crippen LogP contribution >= 0.6 is 0 Å². The summed E-state index contributed by atoms with van der Waals surface area (Å²) < 4.78 is 7.92. The third-order valence-corrected chi connectivity index (χ3v) is 6.14. The summed E-state index contributed by atoms with van der Waals surface area (Å²) in [7, 11) is 1.81. The Kier molecular flexibility index (Phi) is 3.46. The van der Waals surface area contributed by atoms with Crippen molar-refractivity contribution in [3.63, 3.8) is 0 Å². The molecule has 2 amide bonds. The van der Waals surface area contributed by atoms with E-state index >= 15 is 0 Å². The van der Waals surface area contributed by atoms with E-state index in [0.717, 1.165) is 5.56 Å². The molecule has 5 rings (SSSR count). The van der Waals surface area contributed by atoms with Crippen LogP contribution in [0.2, 0.25) is 0 Å². The monoisotopic (exact) mass is 366 g/mol. The van der Waals surface area contributed by atoms with E-state index in [0.29, 0.717) is 37.3 Å². The van der Waals surface area contributed by atoms with E-state index < -0.39 is 5.72 Å². The zero-order valence-corrected chi connectivity index (χ0v) is 15.5. The SMILES string of the molecule is Cc1nn(C)cc1C(=O)N1CC[C@@]23OC[C@@H](c4ccccc4)N2C(=O)C[C@@H]13. The molecule has 3 aliphatic rings. The molecule has 3 saturated heterocycles. The summed E-state index contributed by atoms with van der Waals surface area (Å²) in [5, 5.41) is 4.28. The molecule has 0 N–H and O–H groups in total. The predicted molar refractivity (Wildman–Crippen MR) is 96.7 cm³/mol. The summed E-state index contributed by atoms with van der Waals surface area (Å²) in [5.74, 6) is -0.00403. The molecule has 0 bridgehead atoms. The van der Waals surface area contributed by atoms with Crippen LogP contribution in [-0.2, 0) is 16.6 Å². The fraction of sp³-hybridized carbons (Fsp3) is 0.450. The Morgan fingerprint density at radius 1 is 1.30 bits per heavy atom. The van der Waals surface area contributed by atoms with Gasteiger partial charge in [0.05, 0.1) is 36.4 Å². The molecule has 2 aromatic rings. The Labute approximate surface area is 157 Å². The summed E-state index contributed by atoms with van der Waals surface area (Å²) in [6.07, 6.45) is 2.71. The number of ether oxygens (including phenoxy) is 1. The van der Waals surface area contributed by atoms with E-state index in [1.807, 2.05) is 47.1 Å². The van der Waals surface area contributed by atoms with E-state index in [-0.39, 0.29) is 23.9 Å². The van der Waals surface area contributed by atoms with Gasteiger partial charge in [-0.15, -0.1) is 0 Å². The minimum absolute atomic E-state index is 0.0618. The van der Waals surface area contributed by atoms with Gasteiger partial charge >= 0.3 is 0 Å². The second-order valence-corrected chi connectivity index (χ2v) is 7.62. The molecule has 0 aliphatic carbocycles. The number of hydrogen-bond acceptors (Lipinski definition) is 4. The maximum absolute atomic E-state index is 13.2. The second kappa shape index (κ2) is 5.66. The third kappa shape index (κ3) is 2.21. The lowest BCUT2D eigenvalue weighted by Crippen LogP contribution is -2.49. The molecule has 1 aromatic carbocycles. The van der Waals surface area contributed by atoms with Gasteiger partial charge in [0.1, 0.15) is 0 Å². The summed E-state index contributed by atoms with van der Waals surface area (Å²) in [6, 6.07) is 9.66. The lowest BCUT2D eigenvalue weighted by Gasteiger charge is -2.33. The van der Waals surface area contributed by atoms with Gasteiger partial charge in [-0.3, -0.25) is 14.3 Å². The molecule has 3 fully saturated rings. The normalized spacial score (nSPS) is 29.3. The number of hydrogen-bond donors (Lipinski definition) is 0. The van der Waals surface area contributed by atoms with Gasteiger partial charge in [0.15, 0.2) is 5.72 Å². The average molecular weight is 366 g/mol. The van der Waals surface area contributed by atoms with Crippen LogP contribution < -0.4 is 0 Å². The maximum atomic E-state index is 13.2. The van der Waals surface area contributed by atoms with Crippen LogP contribution in [-0.4, -0.2) is 56.3 Å². The number of benzene rings is 1. The maximum Gasteiger partial charge on any atom is 0.257 e. The van der Waals surface area contributed by atoms with Crippen LogP contribution in [0, 0.1) is 6.92 Å². The Balaban J connectivity index is 1.47. The first-order chi connectivity index (χ1) is 13.0. The molecule has 7 nitrogen and oxygen atoms in total. The van der Waals surface area contributed by atoms with Crippen molar-refractivity contribution in [2.45, 2.75) is 37.6 Å². The lowest BCUT2D eigenvalue weighted by molar-refractivity contribution is -0.138. The Bertz CT molecular complexity index is 925. The number of rotatable bonds is 2. The highest BCUT2D eigenvalue weighted by Gasteiger charge is 2.65. The molecule has 0 radical (unpaired) electrons. The van der Waals surface area contributed by atoms with Crippen LogP contribution in [0.15, 0.2) is 36.5 Å². The van der Waals surface area contributed by atoms with E-state index in [2.05, 4.69) is 5.10 Å². The quantitative estimate of drug-likeness (QED) is 0.810. The second-order valence-electron chi connectivity index (χ2n) is 7.62. The first kappa shape index (κ1) is 16.5. The van der Waals surface area contributed by atoms with Crippen molar-refractivity contribution in [1.29, 1.82) is 0 Å². The van der Waals surface area contributed by atoms with Crippen molar-refractivity contribution in [3.05, 3.63) is 53.3 Å². The Morgan fingerprint density at radius 3 is 2.78 bits per heavy atom. The number of nitrogens with zero attached hydrogens (tertiary/aromatic N) is 4. The van der Waals surface area contributed by atoms with Crippen molar-refractivity contribution in [2.75, 3.05) is 13.2 Å². The summed E-state index contributed by atoms with van der Waals surface area (Å²) in [4.78, 5) is 29.8. The molecular formula is C20H22N4O3. The standard InChI is InChI=1S/C20H22N4O3/c1-13-15(11-22(2)21-13)19(26)23-9-8-20-17(23)10-18(25)24(20)16(12-27-20)14-6-4-3-5-7-14/h3-7,11,16-17H,8-10,12H2,1-2H3/t16-,17+,20-/m0/s1. The van der Waals surface area contributed by atoms with Gasteiger partial charge in [0, 0.05) is 26.2 Å². The van der Waals surface area contributed by atoms with Crippen LogP contribution in [0.1, 0.15) is 40.5 Å². The number of amides is 2. The summed E-state index contributed by atoms with van der Waals surface area (Å²) in [6.45, 7) is 2.89. The predicted octanol–water partition coefficient (Wildman–Crippen LogP) is 1.64. The van der Waals surface area contributed by atoms with Gasteiger partial charge in [-0.25, -0.2) is 0 Å². The molecule has 140 valence electrons. The first-order valence-corrected chi connectivity index (χ1v) is 9.33. The number of carbonyl (C=O) groups is 2. The molecule has 1 aromatic heterocycles. The summed E-state index contributed by atoms with van der Waals surface area (Å²) >= 11 is 0. The molecule has 3 atom stereocenters. The number of carbonyl (C=O) groups excluding carboxylic acids is 2. The molecule has 7 heteroatoms. The van der Waals surface area contributed by atoms with Crippen molar-refractivity contribution in [2.24, 2.45) is 7.05 Å². The molecule has 0 saturated carbocycles. The van der Waals surface area contributed by atoms with Gasteiger partial charge in [-0.2, -0.15) is 5.10 Å². The van der Waals surface area contributed by atoms with Crippen LogP contribution in [0.25, 0.3) is 0 Å². The summed E-state index contributed by atoms with van der Waals surface area (Å²) in [5.41, 5.74) is 1.69. The minimum Gasteiger partial charge on any atom is -0.351 e. The largest absolute Gasteiger partial charge is 0.351 e.